The Hall–Kier alpha value is -2.24. The van der Waals surface area contributed by atoms with Crippen molar-refractivity contribution in [1.82, 2.24) is 24.6 Å². The van der Waals surface area contributed by atoms with Crippen LogP contribution in [0.3, 0.4) is 0 Å². The van der Waals surface area contributed by atoms with E-state index < -0.39 is 0 Å². The zero-order valence-electron chi connectivity index (χ0n) is 15.1. The molecule has 0 saturated carbocycles. The number of amides is 1. The number of aryl methyl sites for hydroxylation is 2. The van der Waals surface area contributed by atoms with Gasteiger partial charge in [0.1, 0.15) is 5.82 Å². The highest BCUT2D eigenvalue weighted by Crippen LogP contribution is 2.35. The second kappa shape index (κ2) is 6.00. The first-order valence-corrected chi connectivity index (χ1v) is 8.42. The second-order valence-corrected chi connectivity index (χ2v) is 7.47. The van der Waals surface area contributed by atoms with E-state index in [1.165, 1.54) is 0 Å². The first-order chi connectivity index (χ1) is 11.3. The molecule has 128 valence electrons. The van der Waals surface area contributed by atoms with Gasteiger partial charge in [-0.1, -0.05) is 20.8 Å². The molecule has 1 aliphatic heterocycles. The molecule has 0 aromatic carbocycles. The monoisotopic (exact) mass is 327 g/mol. The van der Waals surface area contributed by atoms with Gasteiger partial charge in [-0.25, -0.2) is 9.97 Å². The maximum absolute atomic E-state index is 12.8. The van der Waals surface area contributed by atoms with Gasteiger partial charge in [-0.2, -0.15) is 5.10 Å². The number of hydrogen-bond acceptors (Lipinski definition) is 4. The lowest BCUT2D eigenvalue weighted by molar-refractivity contribution is -0.140. The SMILES string of the molecule is Cc1nc(-c2ccnn2C)cc([C@H]2CCCN2C(=O)C(C)(C)C)n1. The fraction of sp³-hybridized carbons (Fsp3) is 0.556. The summed E-state index contributed by atoms with van der Waals surface area (Å²) < 4.78 is 1.80. The first kappa shape index (κ1) is 16.6. The standard InChI is InChI=1S/C18H25N5O/c1-12-20-13(15-8-9-19-22(15)5)11-14(21-12)16-7-6-10-23(16)17(24)18(2,3)4/h8-9,11,16H,6-7,10H2,1-5H3/t16-/m1/s1. The Kier molecular flexibility index (Phi) is 4.15. The number of hydrogen-bond donors (Lipinski definition) is 0. The summed E-state index contributed by atoms with van der Waals surface area (Å²) in [6.07, 6.45) is 3.72. The molecule has 6 nitrogen and oxygen atoms in total. The molecule has 6 heteroatoms. The van der Waals surface area contributed by atoms with Crippen LogP contribution >= 0.6 is 0 Å². The van der Waals surface area contributed by atoms with Gasteiger partial charge in [-0.05, 0) is 31.9 Å². The predicted octanol–water partition coefficient (Wildman–Crippen LogP) is 2.90. The second-order valence-electron chi connectivity index (χ2n) is 7.47. The van der Waals surface area contributed by atoms with Gasteiger partial charge in [0.2, 0.25) is 5.91 Å². The largest absolute Gasteiger partial charge is 0.334 e. The molecule has 3 heterocycles. The van der Waals surface area contributed by atoms with E-state index in [0.29, 0.717) is 0 Å². The maximum atomic E-state index is 12.8. The third kappa shape index (κ3) is 3.05. The Bertz CT molecular complexity index is 759. The minimum Gasteiger partial charge on any atom is -0.334 e. The molecule has 1 fully saturated rings. The first-order valence-electron chi connectivity index (χ1n) is 8.42. The molecule has 1 amide bonds. The van der Waals surface area contributed by atoms with Crippen molar-refractivity contribution in [2.75, 3.05) is 6.54 Å². The molecule has 0 aliphatic carbocycles. The molecule has 1 saturated heterocycles. The zero-order valence-corrected chi connectivity index (χ0v) is 15.1. The molecule has 2 aromatic rings. The van der Waals surface area contributed by atoms with E-state index >= 15 is 0 Å². The van der Waals surface area contributed by atoms with Crippen LogP contribution in [-0.2, 0) is 11.8 Å². The van der Waals surface area contributed by atoms with Crippen molar-refractivity contribution in [2.24, 2.45) is 12.5 Å². The van der Waals surface area contributed by atoms with Crippen LogP contribution in [0.5, 0.6) is 0 Å². The molecule has 24 heavy (non-hydrogen) atoms. The highest BCUT2D eigenvalue weighted by Gasteiger charge is 2.36. The average molecular weight is 327 g/mol. The average Bonchev–Trinajstić information content (AvgIpc) is 3.13. The van der Waals surface area contributed by atoms with Crippen molar-refractivity contribution in [1.29, 1.82) is 0 Å². The lowest BCUT2D eigenvalue weighted by Gasteiger charge is -2.30. The quantitative estimate of drug-likeness (QED) is 0.851. The Morgan fingerprint density at radius 2 is 2.04 bits per heavy atom. The summed E-state index contributed by atoms with van der Waals surface area (Å²) in [7, 11) is 1.90. The summed E-state index contributed by atoms with van der Waals surface area (Å²) in [5.74, 6) is 0.905. The normalized spacial score (nSPS) is 18.2. The van der Waals surface area contributed by atoms with Crippen molar-refractivity contribution >= 4 is 5.91 Å². The van der Waals surface area contributed by atoms with Gasteiger partial charge in [0.25, 0.3) is 0 Å². The van der Waals surface area contributed by atoms with E-state index in [1.54, 1.807) is 10.9 Å². The Balaban J connectivity index is 1.98. The molecule has 3 rings (SSSR count). The summed E-state index contributed by atoms with van der Waals surface area (Å²) in [5.41, 5.74) is 2.35. The van der Waals surface area contributed by atoms with E-state index in [-0.39, 0.29) is 17.4 Å². The Labute approximate surface area is 142 Å². The molecular weight excluding hydrogens is 302 g/mol. The summed E-state index contributed by atoms with van der Waals surface area (Å²) in [6.45, 7) is 8.60. The molecular formula is C18H25N5O. The summed E-state index contributed by atoms with van der Waals surface area (Å²) in [5, 5.41) is 4.22. The molecule has 0 unspecified atom stereocenters. The molecule has 1 aliphatic rings. The minimum atomic E-state index is -0.379. The van der Waals surface area contributed by atoms with E-state index in [0.717, 1.165) is 42.3 Å². The summed E-state index contributed by atoms with van der Waals surface area (Å²) in [6, 6.07) is 3.98. The van der Waals surface area contributed by atoms with E-state index in [9.17, 15) is 4.79 Å². The Morgan fingerprint density at radius 3 is 2.67 bits per heavy atom. The van der Waals surface area contributed by atoms with Gasteiger partial charge in [0.15, 0.2) is 0 Å². The lowest BCUT2D eigenvalue weighted by atomic mass is 9.94. The fourth-order valence-electron chi connectivity index (χ4n) is 3.27. The number of carbonyl (C=O) groups is 1. The number of likely N-dealkylation sites (tertiary alicyclic amines) is 1. The smallest absolute Gasteiger partial charge is 0.228 e. The summed E-state index contributed by atoms with van der Waals surface area (Å²) >= 11 is 0. The molecule has 1 atom stereocenters. The van der Waals surface area contributed by atoms with Gasteiger partial charge < -0.3 is 4.90 Å². The number of aromatic nitrogens is 4. The van der Waals surface area contributed by atoms with Crippen molar-refractivity contribution < 1.29 is 4.79 Å². The van der Waals surface area contributed by atoms with Gasteiger partial charge in [-0.15, -0.1) is 0 Å². The van der Waals surface area contributed by atoms with Gasteiger partial charge >= 0.3 is 0 Å². The summed E-state index contributed by atoms with van der Waals surface area (Å²) in [4.78, 5) is 23.9. The van der Waals surface area contributed by atoms with Crippen LogP contribution in [0, 0.1) is 12.3 Å². The zero-order chi connectivity index (χ0) is 17.5. The van der Waals surface area contributed by atoms with Crippen LogP contribution in [-0.4, -0.2) is 37.1 Å². The van der Waals surface area contributed by atoms with Crippen LogP contribution in [0.15, 0.2) is 18.3 Å². The number of nitrogens with zero attached hydrogens (tertiary/aromatic N) is 5. The van der Waals surface area contributed by atoms with Crippen molar-refractivity contribution in [3.05, 3.63) is 29.8 Å². The lowest BCUT2D eigenvalue weighted by Crippen LogP contribution is -2.39. The van der Waals surface area contributed by atoms with Gasteiger partial charge in [0, 0.05) is 25.2 Å². The number of rotatable bonds is 2. The van der Waals surface area contributed by atoms with Gasteiger partial charge in [-0.3, -0.25) is 9.48 Å². The van der Waals surface area contributed by atoms with Crippen LogP contribution in [0.25, 0.3) is 11.4 Å². The van der Waals surface area contributed by atoms with Crippen molar-refractivity contribution in [3.8, 4) is 11.4 Å². The maximum Gasteiger partial charge on any atom is 0.228 e. The Morgan fingerprint density at radius 1 is 1.29 bits per heavy atom. The third-order valence-electron chi connectivity index (χ3n) is 4.44. The molecule has 0 bridgehead atoms. The predicted molar refractivity (Wildman–Crippen MR) is 92.1 cm³/mol. The molecule has 0 spiro atoms. The topological polar surface area (TPSA) is 63.9 Å². The van der Waals surface area contributed by atoms with Crippen LogP contribution < -0.4 is 0 Å². The minimum absolute atomic E-state index is 0.0328. The van der Waals surface area contributed by atoms with Gasteiger partial charge in [0.05, 0.1) is 23.1 Å². The highest BCUT2D eigenvalue weighted by molar-refractivity contribution is 5.82. The van der Waals surface area contributed by atoms with Crippen LogP contribution in [0.1, 0.15) is 51.2 Å². The van der Waals surface area contributed by atoms with E-state index in [2.05, 4.69) is 15.1 Å². The van der Waals surface area contributed by atoms with Crippen molar-refractivity contribution in [3.63, 3.8) is 0 Å². The van der Waals surface area contributed by atoms with Crippen LogP contribution in [0.2, 0.25) is 0 Å². The fourth-order valence-corrected chi connectivity index (χ4v) is 3.27. The van der Waals surface area contributed by atoms with Crippen LogP contribution in [0.4, 0.5) is 0 Å². The molecule has 0 radical (unpaired) electrons. The number of carbonyl (C=O) groups excluding carboxylic acids is 1. The van der Waals surface area contributed by atoms with E-state index in [1.807, 2.05) is 51.8 Å². The van der Waals surface area contributed by atoms with Crippen molar-refractivity contribution in [2.45, 2.75) is 46.6 Å². The third-order valence-corrected chi connectivity index (χ3v) is 4.44. The molecule has 2 aromatic heterocycles. The molecule has 0 N–H and O–H groups in total. The highest BCUT2D eigenvalue weighted by atomic mass is 16.2. The van der Waals surface area contributed by atoms with E-state index in [4.69, 9.17) is 0 Å².